The average molecular weight is 480 g/mol. The number of unbranched alkanes of at least 4 members (excludes halogenated alkanes) is 2. The average Bonchev–Trinajstić information content (AvgIpc) is 3.36. The number of rotatable bonds is 10. The number of carbonyl (C=O) groups excluding carboxylic acids is 1. The molecule has 186 valence electrons. The van der Waals surface area contributed by atoms with Gasteiger partial charge in [-0.1, -0.05) is 31.9 Å². The van der Waals surface area contributed by atoms with Crippen molar-refractivity contribution in [3.05, 3.63) is 58.3 Å². The highest BCUT2D eigenvalue weighted by molar-refractivity contribution is 6.00. The number of hydrogen-bond donors (Lipinski definition) is 3. The van der Waals surface area contributed by atoms with Crippen LogP contribution < -0.4 is 9.47 Å². The number of H-pyrrole nitrogens is 1. The van der Waals surface area contributed by atoms with E-state index in [-0.39, 0.29) is 24.8 Å². The van der Waals surface area contributed by atoms with Crippen molar-refractivity contribution in [2.45, 2.75) is 46.1 Å². The lowest BCUT2D eigenvalue weighted by Gasteiger charge is -2.26. The number of aromatic nitrogens is 2. The Morgan fingerprint density at radius 2 is 1.94 bits per heavy atom. The number of nitrogens with one attached hydrogen (secondary N) is 1. The summed E-state index contributed by atoms with van der Waals surface area (Å²) in [5.74, 6) is 1.08. The van der Waals surface area contributed by atoms with Crippen LogP contribution in [0.4, 0.5) is 0 Å². The van der Waals surface area contributed by atoms with E-state index in [0.717, 1.165) is 36.0 Å². The Balaban J connectivity index is 1.80. The zero-order chi connectivity index (χ0) is 25.1. The number of hydrogen-bond acceptors (Lipinski definition) is 6. The summed E-state index contributed by atoms with van der Waals surface area (Å²) in [5.41, 5.74) is 4.73. The third kappa shape index (κ3) is 4.58. The number of aliphatic hydroxyl groups excluding tert-OH is 1. The maximum atomic E-state index is 13.3. The summed E-state index contributed by atoms with van der Waals surface area (Å²) < 4.78 is 11.6. The Labute approximate surface area is 205 Å². The number of aromatic hydroxyl groups is 1. The molecule has 0 spiro atoms. The van der Waals surface area contributed by atoms with Gasteiger partial charge >= 0.3 is 0 Å². The summed E-state index contributed by atoms with van der Waals surface area (Å²) in [6, 6.07) is 8.78. The second kappa shape index (κ2) is 10.4. The Morgan fingerprint density at radius 3 is 2.63 bits per heavy atom. The molecule has 0 saturated carbocycles. The largest absolute Gasteiger partial charge is 0.507 e. The SMILES string of the molecule is CCCCCOc1ccc([C@H]2c3c(-c4c(C)cc(C)cc4O)n[nH]c3C(=O)N2CCO)cc1OC. The number of fused-ring (bicyclic) bond motifs is 1. The standard InChI is InChI=1S/C27H33N3O5/c1-5-6-7-12-35-20-9-8-18(15-21(20)34-4)26-23-24(22-17(3)13-16(2)14-19(22)32)28-29-25(23)27(33)30(26)10-11-31/h8-9,13-15,26,31-32H,5-7,10-12H2,1-4H3,(H,28,29)/t26-/m0/s1. The Bertz CT molecular complexity index is 1200. The van der Waals surface area contributed by atoms with E-state index >= 15 is 0 Å². The van der Waals surface area contributed by atoms with Crippen LogP contribution >= 0.6 is 0 Å². The number of ether oxygens (including phenoxy) is 2. The summed E-state index contributed by atoms with van der Waals surface area (Å²) >= 11 is 0. The van der Waals surface area contributed by atoms with E-state index in [1.807, 2.05) is 38.1 Å². The predicted molar refractivity (Wildman–Crippen MR) is 133 cm³/mol. The first kappa shape index (κ1) is 24.6. The molecule has 8 heteroatoms. The van der Waals surface area contributed by atoms with Gasteiger partial charge in [-0.2, -0.15) is 5.10 Å². The minimum Gasteiger partial charge on any atom is -0.507 e. The van der Waals surface area contributed by atoms with Crippen LogP contribution in [-0.4, -0.2) is 58.1 Å². The summed E-state index contributed by atoms with van der Waals surface area (Å²) in [5, 5.41) is 27.8. The molecule has 2 heterocycles. The molecule has 1 amide bonds. The predicted octanol–water partition coefficient (Wildman–Crippen LogP) is 4.51. The second-order valence-corrected chi connectivity index (χ2v) is 8.93. The first-order valence-electron chi connectivity index (χ1n) is 12.0. The van der Waals surface area contributed by atoms with Crippen molar-refractivity contribution in [3.8, 4) is 28.5 Å². The maximum absolute atomic E-state index is 13.3. The molecule has 3 aromatic rings. The molecule has 0 bridgehead atoms. The first-order valence-corrected chi connectivity index (χ1v) is 12.0. The Hall–Kier alpha value is -3.52. The number of phenols is 1. The zero-order valence-electron chi connectivity index (χ0n) is 20.7. The molecule has 2 aromatic carbocycles. The van der Waals surface area contributed by atoms with Crippen LogP contribution in [0.15, 0.2) is 30.3 Å². The van der Waals surface area contributed by atoms with Crippen molar-refractivity contribution < 1.29 is 24.5 Å². The number of carbonyl (C=O) groups is 1. The van der Waals surface area contributed by atoms with Gasteiger partial charge in [0, 0.05) is 17.7 Å². The Kier molecular flexibility index (Phi) is 7.31. The molecule has 0 unspecified atom stereocenters. The number of methoxy groups -OCH3 is 1. The highest BCUT2D eigenvalue weighted by Crippen LogP contribution is 2.46. The van der Waals surface area contributed by atoms with Crippen LogP contribution in [-0.2, 0) is 0 Å². The van der Waals surface area contributed by atoms with Crippen molar-refractivity contribution in [2.75, 3.05) is 26.9 Å². The molecule has 3 N–H and O–H groups in total. The molecule has 1 aliphatic heterocycles. The summed E-state index contributed by atoms with van der Waals surface area (Å²) in [7, 11) is 1.59. The van der Waals surface area contributed by atoms with E-state index in [9.17, 15) is 15.0 Å². The van der Waals surface area contributed by atoms with Gasteiger partial charge < -0.3 is 24.6 Å². The normalized spacial score (nSPS) is 14.9. The van der Waals surface area contributed by atoms with Crippen LogP contribution in [0.25, 0.3) is 11.3 Å². The fourth-order valence-electron chi connectivity index (χ4n) is 4.83. The molecule has 1 atom stereocenters. The number of nitrogens with zero attached hydrogens (tertiary/aromatic N) is 2. The lowest BCUT2D eigenvalue weighted by Crippen LogP contribution is -2.32. The van der Waals surface area contributed by atoms with Crippen LogP contribution in [0.1, 0.15) is 65.0 Å². The number of β-amino-alcohol motifs (C(OH)–C–C–N with tert-alkyl or cyclic N) is 1. The highest BCUT2D eigenvalue weighted by atomic mass is 16.5. The molecule has 1 aromatic heterocycles. The van der Waals surface area contributed by atoms with E-state index < -0.39 is 6.04 Å². The van der Waals surface area contributed by atoms with E-state index in [1.54, 1.807) is 18.1 Å². The van der Waals surface area contributed by atoms with Crippen molar-refractivity contribution in [1.82, 2.24) is 15.1 Å². The van der Waals surface area contributed by atoms with Crippen LogP contribution in [0.3, 0.4) is 0 Å². The van der Waals surface area contributed by atoms with Gasteiger partial charge in [-0.05, 0) is 55.2 Å². The van der Waals surface area contributed by atoms with Crippen LogP contribution in [0.5, 0.6) is 17.2 Å². The second-order valence-electron chi connectivity index (χ2n) is 8.93. The lowest BCUT2D eigenvalue weighted by molar-refractivity contribution is 0.0706. The minimum absolute atomic E-state index is 0.108. The molecule has 0 fully saturated rings. The van der Waals surface area contributed by atoms with Gasteiger partial charge in [0.1, 0.15) is 17.1 Å². The summed E-state index contributed by atoms with van der Waals surface area (Å²) in [4.78, 5) is 14.9. The van der Waals surface area contributed by atoms with Gasteiger partial charge in [-0.15, -0.1) is 0 Å². The van der Waals surface area contributed by atoms with Crippen molar-refractivity contribution in [3.63, 3.8) is 0 Å². The van der Waals surface area contributed by atoms with Gasteiger partial charge in [0.25, 0.3) is 5.91 Å². The fraction of sp³-hybridized carbons (Fsp3) is 0.407. The number of aryl methyl sites for hydroxylation is 2. The third-order valence-corrected chi connectivity index (χ3v) is 6.41. The summed E-state index contributed by atoms with van der Waals surface area (Å²) in [6.45, 7) is 6.55. The molecule has 0 radical (unpaired) electrons. The molecule has 35 heavy (non-hydrogen) atoms. The maximum Gasteiger partial charge on any atom is 0.273 e. The van der Waals surface area contributed by atoms with Gasteiger partial charge in [0.2, 0.25) is 0 Å². The van der Waals surface area contributed by atoms with E-state index in [1.165, 1.54) is 0 Å². The first-order chi connectivity index (χ1) is 16.9. The lowest BCUT2D eigenvalue weighted by atomic mass is 9.93. The number of aliphatic hydroxyl groups is 1. The highest BCUT2D eigenvalue weighted by Gasteiger charge is 2.42. The molecular formula is C27H33N3O5. The van der Waals surface area contributed by atoms with Crippen LogP contribution in [0, 0.1) is 13.8 Å². The summed E-state index contributed by atoms with van der Waals surface area (Å²) in [6.07, 6.45) is 3.17. The van der Waals surface area contributed by atoms with Crippen molar-refractivity contribution in [1.29, 1.82) is 0 Å². The van der Waals surface area contributed by atoms with Crippen molar-refractivity contribution in [2.24, 2.45) is 0 Å². The quantitative estimate of drug-likeness (QED) is 0.369. The fourth-order valence-corrected chi connectivity index (χ4v) is 4.83. The van der Waals surface area contributed by atoms with Gasteiger partial charge in [-0.25, -0.2) is 0 Å². The molecule has 4 rings (SSSR count). The third-order valence-electron chi connectivity index (χ3n) is 6.41. The molecule has 8 nitrogen and oxygen atoms in total. The molecule has 1 aliphatic rings. The molecular weight excluding hydrogens is 446 g/mol. The van der Waals surface area contributed by atoms with Crippen LogP contribution in [0.2, 0.25) is 0 Å². The van der Waals surface area contributed by atoms with Gasteiger partial charge in [0.05, 0.1) is 26.4 Å². The molecule has 0 aliphatic carbocycles. The number of phenolic OH excluding ortho intramolecular Hbond substituents is 1. The van der Waals surface area contributed by atoms with E-state index in [2.05, 4.69) is 17.1 Å². The topological polar surface area (TPSA) is 108 Å². The molecule has 0 saturated heterocycles. The van der Waals surface area contributed by atoms with E-state index in [0.29, 0.717) is 40.6 Å². The number of amides is 1. The Morgan fingerprint density at radius 1 is 1.14 bits per heavy atom. The number of benzene rings is 2. The minimum atomic E-state index is -0.512. The van der Waals surface area contributed by atoms with Crippen molar-refractivity contribution >= 4 is 5.91 Å². The van der Waals surface area contributed by atoms with E-state index in [4.69, 9.17) is 9.47 Å². The van der Waals surface area contributed by atoms with Gasteiger partial charge in [-0.3, -0.25) is 9.89 Å². The zero-order valence-corrected chi connectivity index (χ0v) is 20.7. The number of aromatic amines is 1. The smallest absolute Gasteiger partial charge is 0.273 e. The van der Waals surface area contributed by atoms with Gasteiger partial charge in [0.15, 0.2) is 11.5 Å². The monoisotopic (exact) mass is 479 g/mol.